The van der Waals surface area contributed by atoms with E-state index in [1.54, 1.807) is 12.1 Å². The maximum Gasteiger partial charge on any atom is 0.488 e. The van der Waals surface area contributed by atoms with Crippen LogP contribution in [0, 0.1) is 0 Å². The monoisotopic (exact) mass is 325 g/mol. The van der Waals surface area contributed by atoms with Crippen molar-refractivity contribution in [3.63, 3.8) is 0 Å². The topological polar surface area (TPSA) is 53.4 Å². The molecule has 25 heavy (non-hydrogen) atoms. The van der Waals surface area contributed by atoms with Gasteiger partial charge in [-0.2, -0.15) is 0 Å². The molecule has 0 fully saturated rings. The van der Waals surface area contributed by atoms with Crippen LogP contribution < -0.4 is 5.46 Å². The molecule has 120 valence electrons. The van der Waals surface area contributed by atoms with Crippen LogP contribution in [0.5, 0.6) is 0 Å². The Kier molecular flexibility index (Phi) is 4.06. The summed E-state index contributed by atoms with van der Waals surface area (Å²) in [5, 5.41) is 21.6. The van der Waals surface area contributed by atoms with E-state index in [0.717, 1.165) is 27.6 Å². The zero-order valence-electron chi connectivity index (χ0n) is 13.5. The Balaban J connectivity index is 1.89. The standard InChI is InChI=1S/C21H16BNO2/c24-22(25)19-13-20(16-7-2-1-3-8-16)23-21(14-19)18-11-10-15-6-4-5-9-17(15)12-18/h1-14,24-25H. The molecule has 3 aromatic carbocycles. The van der Waals surface area contributed by atoms with Crippen molar-refractivity contribution in [2.45, 2.75) is 0 Å². The molecule has 0 aliphatic rings. The van der Waals surface area contributed by atoms with Crippen LogP contribution >= 0.6 is 0 Å². The lowest BCUT2D eigenvalue weighted by molar-refractivity contribution is 0.426. The Hall–Kier alpha value is -2.95. The summed E-state index contributed by atoms with van der Waals surface area (Å²) in [4.78, 5) is 4.74. The van der Waals surface area contributed by atoms with E-state index in [-0.39, 0.29) is 0 Å². The smallest absolute Gasteiger partial charge is 0.423 e. The first kappa shape index (κ1) is 15.6. The molecule has 0 aliphatic carbocycles. The lowest BCUT2D eigenvalue weighted by atomic mass is 9.79. The van der Waals surface area contributed by atoms with E-state index in [4.69, 9.17) is 4.98 Å². The van der Waals surface area contributed by atoms with Gasteiger partial charge in [0.1, 0.15) is 0 Å². The molecular weight excluding hydrogens is 309 g/mol. The van der Waals surface area contributed by atoms with Crippen LogP contribution in [0.4, 0.5) is 0 Å². The Morgan fingerprint density at radius 3 is 1.96 bits per heavy atom. The average molecular weight is 325 g/mol. The molecule has 0 spiro atoms. The number of hydrogen-bond acceptors (Lipinski definition) is 3. The summed E-state index contributed by atoms with van der Waals surface area (Å²) in [6, 6.07) is 27.4. The highest BCUT2D eigenvalue weighted by Gasteiger charge is 2.15. The van der Waals surface area contributed by atoms with Crippen molar-refractivity contribution >= 4 is 23.4 Å². The second-order valence-electron chi connectivity index (χ2n) is 5.97. The fourth-order valence-electron chi connectivity index (χ4n) is 2.95. The van der Waals surface area contributed by atoms with Gasteiger partial charge in [0.25, 0.3) is 0 Å². The molecule has 4 heteroatoms. The summed E-state index contributed by atoms with van der Waals surface area (Å²) >= 11 is 0. The van der Waals surface area contributed by atoms with Crippen LogP contribution in [0.2, 0.25) is 0 Å². The molecule has 4 aromatic rings. The molecule has 0 amide bonds. The predicted octanol–water partition coefficient (Wildman–Crippen LogP) is 3.25. The van der Waals surface area contributed by atoms with Gasteiger partial charge in [0.05, 0.1) is 11.4 Å². The van der Waals surface area contributed by atoms with Crippen molar-refractivity contribution in [1.82, 2.24) is 4.98 Å². The van der Waals surface area contributed by atoms with Crippen LogP contribution in [0.3, 0.4) is 0 Å². The van der Waals surface area contributed by atoms with Crippen molar-refractivity contribution in [2.24, 2.45) is 0 Å². The van der Waals surface area contributed by atoms with Gasteiger partial charge in [0, 0.05) is 11.1 Å². The van der Waals surface area contributed by atoms with Gasteiger partial charge in [-0.05, 0) is 34.4 Å². The number of rotatable bonds is 3. The van der Waals surface area contributed by atoms with E-state index in [1.807, 2.05) is 48.5 Å². The van der Waals surface area contributed by atoms with Gasteiger partial charge in [0.2, 0.25) is 0 Å². The first-order chi connectivity index (χ1) is 12.2. The number of pyridine rings is 1. The SMILES string of the molecule is OB(O)c1cc(-c2ccccc2)nc(-c2ccc3ccccc3c2)c1. The quantitative estimate of drug-likeness (QED) is 0.569. The van der Waals surface area contributed by atoms with E-state index in [9.17, 15) is 10.0 Å². The molecular formula is C21H16BNO2. The first-order valence-electron chi connectivity index (χ1n) is 8.13. The van der Waals surface area contributed by atoms with Gasteiger partial charge in [-0.3, -0.25) is 0 Å². The lowest BCUT2D eigenvalue weighted by Crippen LogP contribution is -2.30. The molecule has 0 saturated heterocycles. The molecule has 4 rings (SSSR count). The van der Waals surface area contributed by atoms with Crippen LogP contribution in [-0.2, 0) is 0 Å². The Morgan fingerprint density at radius 1 is 0.600 bits per heavy atom. The summed E-state index contributed by atoms with van der Waals surface area (Å²) in [5.41, 5.74) is 3.74. The molecule has 1 aromatic heterocycles. The van der Waals surface area contributed by atoms with Gasteiger partial charge in [-0.25, -0.2) is 4.98 Å². The minimum atomic E-state index is -1.54. The predicted molar refractivity (Wildman–Crippen MR) is 102 cm³/mol. The minimum Gasteiger partial charge on any atom is -0.423 e. The molecule has 3 nitrogen and oxygen atoms in total. The molecule has 1 heterocycles. The molecule has 0 aliphatic heterocycles. The molecule has 0 bridgehead atoms. The Labute approximate surface area is 146 Å². The van der Waals surface area contributed by atoms with Gasteiger partial charge in [0.15, 0.2) is 0 Å². The average Bonchev–Trinajstić information content (AvgIpc) is 2.68. The number of benzene rings is 3. The zero-order chi connectivity index (χ0) is 17.2. The van der Waals surface area contributed by atoms with Gasteiger partial charge >= 0.3 is 7.12 Å². The van der Waals surface area contributed by atoms with E-state index < -0.39 is 7.12 Å². The molecule has 0 saturated carbocycles. The van der Waals surface area contributed by atoms with Crippen LogP contribution in [-0.4, -0.2) is 22.2 Å². The number of fused-ring (bicyclic) bond motifs is 1. The largest absolute Gasteiger partial charge is 0.488 e. The van der Waals surface area contributed by atoms with Crippen molar-refractivity contribution in [3.05, 3.63) is 84.9 Å². The highest BCUT2D eigenvalue weighted by Crippen LogP contribution is 2.25. The summed E-state index contributed by atoms with van der Waals surface area (Å²) in [7, 11) is -1.54. The molecule has 2 N–H and O–H groups in total. The molecule has 0 unspecified atom stereocenters. The first-order valence-corrected chi connectivity index (χ1v) is 8.13. The normalized spacial score (nSPS) is 10.8. The summed E-state index contributed by atoms with van der Waals surface area (Å²) in [6.45, 7) is 0. The van der Waals surface area contributed by atoms with Crippen LogP contribution in [0.25, 0.3) is 33.3 Å². The second kappa shape index (κ2) is 6.51. The summed E-state index contributed by atoms with van der Waals surface area (Å²) in [6.07, 6.45) is 0. The third-order valence-corrected chi connectivity index (χ3v) is 4.26. The van der Waals surface area contributed by atoms with Crippen molar-refractivity contribution in [3.8, 4) is 22.5 Å². The van der Waals surface area contributed by atoms with Crippen LogP contribution in [0.15, 0.2) is 84.9 Å². The number of nitrogens with zero attached hydrogens (tertiary/aromatic N) is 1. The third kappa shape index (κ3) is 3.18. The molecule has 0 radical (unpaired) electrons. The highest BCUT2D eigenvalue weighted by molar-refractivity contribution is 6.58. The summed E-state index contributed by atoms with van der Waals surface area (Å²) in [5.74, 6) is 0. The lowest BCUT2D eigenvalue weighted by Gasteiger charge is -2.10. The maximum atomic E-state index is 9.67. The van der Waals surface area contributed by atoms with E-state index in [0.29, 0.717) is 11.2 Å². The zero-order valence-corrected chi connectivity index (χ0v) is 13.5. The fraction of sp³-hybridized carbons (Fsp3) is 0. The number of aromatic nitrogens is 1. The van der Waals surface area contributed by atoms with E-state index in [2.05, 4.69) is 24.3 Å². The van der Waals surface area contributed by atoms with E-state index >= 15 is 0 Å². The number of hydrogen-bond donors (Lipinski definition) is 2. The highest BCUT2D eigenvalue weighted by atomic mass is 16.4. The van der Waals surface area contributed by atoms with Crippen molar-refractivity contribution in [1.29, 1.82) is 0 Å². The third-order valence-electron chi connectivity index (χ3n) is 4.26. The Bertz CT molecular complexity index is 1030. The second-order valence-corrected chi connectivity index (χ2v) is 5.97. The maximum absolute atomic E-state index is 9.67. The summed E-state index contributed by atoms with van der Waals surface area (Å²) < 4.78 is 0. The minimum absolute atomic E-state index is 0.428. The fourth-order valence-corrected chi connectivity index (χ4v) is 2.95. The molecule has 0 atom stereocenters. The van der Waals surface area contributed by atoms with E-state index in [1.165, 1.54) is 0 Å². The van der Waals surface area contributed by atoms with Gasteiger partial charge in [-0.15, -0.1) is 0 Å². The van der Waals surface area contributed by atoms with Crippen molar-refractivity contribution < 1.29 is 10.0 Å². The van der Waals surface area contributed by atoms with Gasteiger partial charge in [-0.1, -0.05) is 66.7 Å². The Morgan fingerprint density at radius 2 is 1.24 bits per heavy atom. The van der Waals surface area contributed by atoms with Gasteiger partial charge < -0.3 is 10.0 Å². The van der Waals surface area contributed by atoms with Crippen molar-refractivity contribution in [2.75, 3.05) is 0 Å². The van der Waals surface area contributed by atoms with Crippen LogP contribution in [0.1, 0.15) is 0 Å².